The van der Waals surface area contributed by atoms with Crippen LogP contribution in [0.5, 0.6) is 0 Å². The minimum atomic E-state index is -0.308. The van der Waals surface area contributed by atoms with Crippen molar-refractivity contribution in [2.75, 3.05) is 0 Å². The lowest BCUT2D eigenvalue weighted by Gasteiger charge is -2.10. The molecule has 0 amide bonds. The van der Waals surface area contributed by atoms with Crippen LogP contribution in [0.25, 0.3) is 17.1 Å². The summed E-state index contributed by atoms with van der Waals surface area (Å²) < 4.78 is 18.3. The second kappa shape index (κ2) is 8.00. The van der Waals surface area contributed by atoms with Crippen molar-refractivity contribution >= 4 is 11.8 Å². The van der Waals surface area contributed by atoms with Crippen LogP contribution < -0.4 is 0 Å². The number of para-hydroxylation sites is 1. The Hall–Kier alpha value is -3.44. The van der Waals surface area contributed by atoms with E-state index in [1.807, 2.05) is 46.5 Å². The fraction of sp³-hybridized carbons (Fsp3) is 0.217. The molecule has 154 valence electrons. The summed E-state index contributed by atoms with van der Waals surface area (Å²) in [6, 6.07) is 19.0. The zero-order valence-corrected chi connectivity index (χ0v) is 17.7. The van der Waals surface area contributed by atoms with Crippen LogP contribution in [-0.4, -0.2) is 24.5 Å². The van der Waals surface area contributed by atoms with Crippen LogP contribution in [-0.2, 0) is 5.75 Å². The number of nitrogens with zero attached hydrogens (tertiary/aromatic N) is 6. The van der Waals surface area contributed by atoms with Crippen LogP contribution in [0.15, 0.2) is 59.8 Å². The Morgan fingerprint density at radius 1 is 1.10 bits per heavy atom. The molecular weight excluding hydrogens is 411 g/mol. The van der Waals surface area contributed by atoms with Gasteiger partial charge in [-0.25, -0.2) is 9.07 Å². The van der Waals surface area contributed by atoms with Crippen molar-refractivity contribution in [3.8, 4) is 23.1 Å². The first kappa shape index (κ1) is 19.5. The first-order valence-corrected chi connectivity index (χ1v) is 11.0. The van der Waals surface area contributed by atoms with Gasteiger partial charge in [0.15, 0.2) is 11.0 Å². The number of aryl methyl sites for hydroxylation is 1. The average Bonchev–Trinajstić information content (AvgIpc) is 3.46. The summed E-state index contributed by atoms with van der Waals surface area (Å²) in [4.78, 5) is 0. The minimum absolute atomic E-state index is 0.281. The Morgan fingerprint density at radius 3 is 2.55 bits per heavy atom. The molecule has 2 aromatic heterocycles. The van der Waals surface area contributed by atoms with Crippen LogP contribution in [0.4, 0.5) is 4.39 Å². The fourth-order valence-electron chi connectivity index (χ4n) is 3.63. The number of hydrogen-bond acceptors (Lipinski definition) is 5. The van der Waals surface area contributed by atoms with Crippen molar-refractivity contribution in [1.82, 2.24) is 24.5 Å². The highest BCUT2D eigenvalue weighted by atomic mass is 32.2. The monoisotopic (exact) mass is 430 g/mol. The Bertz CT molecular complexity index is 1280. The highest BCUT2D eigenvalue weighted by Gasteiger charge is 2.31. The summed E-state index contributed by atoms with van der Waals surface area (Å²) in [6.45, 7) is 1.84. The van der Waals surface area contributed by atoms with E-state index in [0.717, 1.165) is 29.4 Å². The molecular formula is C23H19FN6S. The maximum atomic E-state index is 14.4. The highest BCUT2D eigenvalue weighted by molar-refractivity contribution is 7.98. The van der Waals surface area contributed by atoms with E-state index in [4.69, 9.17) is 0 Å². The van der Waals surface area contributed by atoms with Crippen molar-refractivity contribution in [2.45, 2.75) is 36.7 Å². The molecule has 1 saturated carbocycles. The number of benzene rings is 2. The third-order valence-electron chi connectivity index (χ3n) is 5.30. The predicted molar refractivity (Wildman–Crippen MR) is 116 cm³/mol. The summed E-state index contributed by atoms with van der Waals surface area (Å²) in [7, 11) is 0. The molecule has 8 heteroatoms. The maximum Gasteiger partial charge on any atom is 0.192 e. The Labute approximate surface area is 183 Å². The van der Waals surface area contributed by atoms with E-state index in [-0.39, 0.29) is 11.9 Å². The quantitative estimate of drug-likeness (QED) is 0.399. The lowest BCUT2D eigenvalue weighted by Crippen LogP contribution is -2.04. The number of thioether (sulfide) groups is 1. The van der Waals surface area contributed by atoms with Crippen molar-refractivity contribution in [2.24, 2.45) is 0 Å². The van der Waals surface area contributed by atoms with Gasteiger partial charge in [0.2, 0.25) is 0 Å². The second-order valence-corrected chi connectivity index (χ2v) is 8.38. The molecule has 0 saturated heterocycles. The molecule has 2 heterocycles. The molecule has 0 bridgehead atoms. The van der Waals surface area contributed by atoms with Crippen molar-refractivity contribution in [3.05, 3.63) is 77.4 Å². The first-order valence-electron chi connectivity index (χ1n) is 10.0. The second-order valence-electron chi connectivity index (χ2n) is 7.44. The van der Waals surface area contributed by atoms with E-state index < -0.39 is 0 Å². The summed E-state index contributed by atoms with van der Waals surface area (Å²) >= 11 is 1.50. The van der Waals surface area contributed by atoms with E-state index in [1.54, 1.807) is 18.2 Å². The highest BCUT2D eigenvalue weighted by Crippen LogP contribution is 2.42. The number of halogens is 1. The number of aromatic nitrogens is 5. The van der Waals surface area contributed by atoms with Crippen molar-refractivity contribution < 1.29 is 4.39 Å². The molecule has 1 aliphatic rings. The molecule has 31 heavy (non-hydrogen) atoms. The molecule has 0 atom stereocenters. The van der Waals surface area contributed by atoms with Crippen molar-refractivity contribution in [1.29, 1.82) is 5.26 Å². The van der Waals surface area contributed by atoms with E-state index in [9.17, 15) is 9.65 Å². The van der Waals surface area contributed by atoms with Gasteiger partial charge in [-0.2, -0.15) is 10.4 Å². The summed E-state index contributed by atoms with van der Waals surface area (Å²) in [6.07, 6.45) is 2.05. The Balaban J connectivity index is 1.51. The van der Waals surface area contributed by atoms with Crippen LogP contribution in [0.3, 0.4) is 0 Å². The molecule has 0 N–H and O–H groups in total. The van der Waals surface area contributed by atoms with Crippen LogP contribution in [0.2, 0.25) is 0 Å². The molecule has 0 unspecified atom stereocenters. The largest absolute Gasteiger partial charge is 0.299 e. The zero-order valence-electron chi connectivity index (χ0n) is 16.9. The van der Waals surface area contributed by atoms with Crippen LogP contribution in [0, 0.1) is 24.1 Å². The minimum Gasteiger partial charge on any atom is -0.299 e. The van der Waals surface area contributed by atoms with Gasteiger partial charge in [-0.1, -0.05) is 42.1 Å². The average molecular weight is 431 g/mol. The molecule has 1 aliphatic carbocycles. The molecule has 0 spiro atoms. The summed E-state index contributed by atoms with van der Waals surface area (Å²) in [5, 5.41) is 23.7. The van der Waals surface area contributed by atoms with E-state index >= 15 is 0 Å². The predicted octanol–water partition coefficient (Wildman–Crippen LogP) is 5.08. The molecule has 0 radical (unpaired) electrons. The van der Waals surface area contributed by atoms with Gasteiger partial charge in [0.25, 0.3) is 0 Å². The molecule has 4 aromatic rings. The summed E-state index contributed by atoms with van der Waals surface area (Å²) in [5.74, 6) is 0.745. The van der Waals surface area contributed by atoms with Gasteiger partial charge in [0.1, 0.15) is 11.9 Å². The Kier molecular flexibility index (Phi) is 5.04. The first-order chi connectivity index (χ1) is 15.2. The summed E-state index contributed by atoms with van der Waals surface area (Å²) in [5.41, 5.74) is 3.44. The van der Waals surface area contributed by atoms with E-state index in [1.165, 1.54) is 17.8 Å². The molecule has 5 rings (SSSR count). The van der Waals surface area contributed by atoms with Gasteiger partial charge in [-0.05, 0) is 44.0 Å². The molecule has 1 fully saturated rings. The smallest absolute Gasteiger partial charge is 0.192 e. The normalized spacial score (nSPS) is 13.3. The van der Waals surface area contributed by atoms with E-state index in [0.29, 0.717) is 28.4 Å². The zero-order chi connectivity index (χ0) is 21.4. The fourth-order valence-corrected chi connectivity index (χ4v) is 4.64. The third-order valence-corrected chi connectivity index (χ3v) is 6.25. The number of nitriles is 1. The van der Waals surface area contributed by atoms with Crippen LogP contribution in [0.1, 0.15) is 35.8 Å². The van der Waals surface area contributed by atoms with Gasteiger partial charge in [-0.15, -0.1) is 10.2 Å². The molecule has 6 nitrogen and oxygen atoms in total. The number of hydrogen-bond donors (Lipinski definition) is 0. The van der Waals surface area contributed by atoms with Gasteiger partial charge in [0, 0.05) is 11.8 Å². The Morgan fingerprint density at radius 2 is 1.84 bits per heavy atom. The van der Waals surface area contributed by atoms with Gasteiger partial charge < -0.3 is 0 Å². The van der Waals surface area contributed by atoms with Gasteiger partial charge in [0.05, 0.1) is 28.2 Å². The van der Waals surface area contributed by atoms with Crippen LogP contribution >= 0.6 is 11.8 Å². The number of rotatable bonds is 6. The lowest BCUT2D eigenvalue weighted by molar-refractivity contribution is 0.622. The SMILES string of the molecule is Cc1nn(-c2ccccc2)c(CSc2nnc(-c3ccccc3F)n2C2CC2)c1C#N. The topological polar surface area (TPSA) is 72.3 Å². The van der Waals surface area contributed by atoms with Gasteiger partial charge >= 0.3 is 0 Å². The maximum absolute atomic E-state index is 14.4. The lowest BCUT2D eigenvalue weighted by atomic mass is 10.2. The standard InChI is InChI=1S/C23H19FN6S/c1-15-19(13-25)21(30(28-15)17-7-3-2-4-8-17)14-31-23-27-26-22(29(23)16-11-12-16)18-9-5-6-10-20(18)24/h2-10,16H,11-12,14H2,1H3. The van der Waals surface area contributed by atoms with E-state index in [2.05, 4.69) is 21.4 Å². The molecule has 2 aromatic carbocycles. The van der Waals surface area contributed by atoms with Crippen molar-refractivity contribution in [3.63, 3.8) is 0 Å². The third kappa shape index (κ3) is 3.62. The van der Waals surface area contributed by atoms with Gasteiger partial charge in [-0.3, -0.25) is 4.57 Å². The molecule has 0 aliphatic heterocycles.